The Morgan fingerprint density at radius 1 is 1.14 bits per heavy atom. The Bertz CT molecular complexity index is 1040. The first kappa shape index (κ1) is 18.6. The van der Waals surface area contributed by atoms with Gasteiger partial charge in [0.25, 0.3) is 0 Å². The smallest absolute Gasteiger partial charge is 0.410 e. The van der Waals surface area contributed by atoms with E-state index in [9.17, 15) is 4.79 Å². The zero-order valence-electron chi connectivity index (χ0n) is 16.3. The van der Waals surface area contributed by atoms with Crippen LogP contribution in [0.2, 0.25) is 0 Å². The molecule has 1 aliphatic heterocycles. The van der Waals surface area contributed by atoms with E-state index >= 15 is 0 Å². The Morgan fingerprint density at radius 3 is 2.64 bits per heavy atom. The third-order valence-electron chi connectivity index (χ3n) is 4.51. The molecule has 0 atom stereocenters. The van der Waals surface area contributed by atoms with Gasteiger partial charge in [0.1, 0.15) is 5.60 Å². The molecule has 0 unspecified atom stereocenters. The van der Waals surface area contributed by atoms with E-state index in [4.69, 9.17) is 14.7 Å². The van der Waals surface area contributed by atoms with Gasteiger partial charge in [-0.15, -0.1) is 11.3 Å². The molecule has 1 aromatic carbocycles. The van der Waals surface area contributed by atoms with E-state index in [0.717, 1.165) is 39.3 Å². The molecule has 6 heteroatoms. The van der Waals surface area contributed by atoms with Gasteiger partial charge in [-0.25, -0.2) is 14.8 Å². The number of nitrogens with zero attached hydrogens (tertiary/aromatic N) is 3. The fraction of sp³-hybridized carbons (Fsp3) is 0.318. The summed E-state index contributed by atoms with van der Waals surface area (Å²) >= 11 is 1.64. The number of hydrogen-bond acceptors (Lipinski definition) is 5. The summed E-state index contributed by atoms with van der Waals surface area (Å²) in [5, 5.41) is 3.08. The number of hydrogen-bond donors (Lipinski definition) is 0. The quantitative estimate of drug-likeness (QED) is 0.586. The van der Waals surface area contributed by atoms with E-state index < -0.39 is 5.60 Å². The van der Waals surface area contributed by atoms with Gasteiger partial charge in [-0.05, 0) is 50.3 Å². The van der Waals surface area contributed by atoms with Crippen LogP contribution in [0, 0.1) is 0 Å². The predicted octanol–water partition coefficient (Wildman–Crippen LogP) is 5.38. The number of ether oxygens (including phenoxy) is 1. The molecule has 3 heterocycles. The van der Waals surface area contributed by atoms with Gasteiger partial charge < -0.3 is 9.64 Å². The van der Waals surface area contributed by atoms with E-state index in [0.29, 0.717) is 13.1 Å². The van der Waals surface area contributed by atoms with Crippen molar-refractivity contribution in [2.45, 2.75) is 32.8 Å². The minimum Gasteiger partial charge on any atom is -0.444 e. The molecule has 0 radical (unpaired) electrons. The van der Waals surface area contributed by atoms with Crippen LogP contribution < -0.4 is 0 Å². The van der Waals surface area contributed by atoms with Crippen molar-refractivity contribution in [3.63, 3.8) is 0 Å². The molecule has 2 aromatic heterocycles. The largest absolute Gasteiger partial charge is 0.444 e. The monoisotopic (exact) mass is 393 g/mol. The van der Waals surface area contributed by atoms with Crippen LogP contribution >= 0.6 is 11.3 Å². The van der Waals surface area contributed by atoms with E-state index in [1.54, 1.807) is 16.2 Å². The second-order valence-corrected chi connectivity index (χ2v) is 8.74. The summed E-state index contributed by atoms with van der Waals surface area (Å²) in [6.07, 6.45) is 2.56. The lowest BCUT2D eigenvalue weighted by Gasteiger charge is -2.29. The summed E-state index contributed by atoms with van der Waals surface area (Å²) in [6.45, 7) is 6.80. The summed E-state index contributed by atoms with van der Waals surface area (Å²) in [7, 11) is 0. The van der Waals surface area contributed by atoms with Crippen LogP contribution in [0.4, 0.5) is 4.79 Å². The molecular formula is C22H23N3O2S. The van der Waals surface area contributed by atoms with E-state index in [2.05, 4.69) is 12.1 Å². The van der Waals surface area contributed by atoms with Crippen LogP contribution in [-0.2, 0) is 4.74 Å². The number of carbonyl (C=O) groups excluding carboxylic acids is 1. The van der Waals surface area contributed by atoms with Gasteiger partial charge in [0.15, 0.2) is 5.82 Å². The molecule has 1 amide bonds. The van der Waals surface area contributed by atoms with Crippen LogP contribution in [-0.4, -0.2) is 39.7 Å². The standard InChI is InChI=1S/C22H23N3O2S/c1-22(2,3)27-21(26)25-12-10-15(11-13-25)19-16-7-4-5-8-17(16)23-20(24-19)18-9-6-14-28-18/h4-10,14H,11-13H2,1-3H3. The fourth-order valence-electron chi connectivity index (χ4n) is 3.21. The molecule has 0 bridgehead atoms. The molecule has 0 N–H and O–H groups in total. The Morgan fingerprint density at radius 2 is 1.96 bits per heavy atom. The van der Waals surface area contributed by atoms with Crippen molar-refractivity contribution in [1.29, 1.82) is 0 Å². The first-order valence-corrected chi connectivity index (χ1v) is 10.3. The molecule has 5 nitrogen and oxygen atoms in total. The minimum absolute atomic E-state index is 0.269. The zero-order valence-corrected chi connectivity index (χ0v) is 17.1. The minimum atomic E-state index is -0.487. The van der Waals surface area contributed by atoms with Crippen LogP contribution in [0.15, 0.2) is 47.9 Å². The lowest BCUT2D eigenvalue weighted by atomic mass is 10.0. The number of fused-ring (bicyclic) bond motifs is 1. The third-order valence-corrected chi connectivity index (χ3v) is 5.38. The summed E-state index contributed by atoms with van der Waals surface area (Å²) in [5.74, 6) is 0.749. The first-order chi connectivity index (χ1) is 13.4. The molecule has 144 valence electrons. The third kappa shape index (κ3) is 3.92. The normalized spacial score (nSPS) is 14.8. The highest BCUT2D eigenvalue weighted by Crippen LogP contribution is 2.31. The van der Waals surface area contributed by atoms with Gasteiger partial charge in [0.2, 0.25) is 0 Å². The molecule has 0 saturated heterocycles. The molecule has 0 spiro atoms. The van der Waals surface area contributed by atoms with Gasteiger partial charge in [0, 0.05) is 18.5 Å². The maximum absolute atomic E-state index is 12.3. The molecule has 3 aromatic rings. The van der Waals surface area contributed by atoms with Gasteiger partial charge in [-0.2, -0.15) is 0 Å². The number of thiophene rings is 1. The lowest BCUT2D eigenvalue weighted by molar-refractivity contribution is 0.0270. The van der Waals surface area contributed by atoms with Crippen LogP contribution in [0.25, 0.3) is 27.2 Å². The number of amides is 1. The van der Waals surface area contributed by atoms with Crippen molar-refractivity contribution in [1.82, 2.24) is 14.9 Å². The Balaban J connectivity index is 1.67. The van der Waals surface area contributed by atoms with Gasteiger partial charge in [0.05, 0.1) is 16.1 Å². The number of para-hydroxylation sites is 1. The topological polar surface area (TPSA) is 55.3 Å². The SMILES string of the molecule is CC(C)(C)OC(=O)N1CC=C(c2nc(-c3cccs3)nc3ccccc23)CC1. The van der Waals surface area contributed by atoms with Gasteiger partial charge in [-0.1, -0.05) is 30.3 Å². The first-order valence-electron chi connectivity index (χ1n) is 9.39. The molecule has 0 saturated carbocycles. The second-order valence-electron chi connectivity index (χ2n) is 7.80. The number of aromatic nitrogens is 2. The van der Waals surface area contributed by atoms with Gasteiger partial charge >= 0.3 is 6.09 Å². The van der Waals surface area contributed by atoms with Crippen molar-refractivity contribution in [3.8, 4) is 10.7 Å². The zero-order chi connectivity index (χ0) is 19.7. The van der Waals surface area contributed by atoms with E-state index in [1.165, 1.54) is 0 Å². The highest BCUT2D eigenvalue weighted by Gasteiger charge is 2.25. The molecule has 0 fully saturated rings. The van der Waals surface area contributed by atoms with E-state index in [-0.39, 0.29) is 6.09 Å². The van der Waals surface area contributed by atoms with Crippen molar-refractivity contribution in [2.75, 3.05) is 13.1 Å². The van der Waals surface area contributed by atoms with Crippen LogP contribution in [0.3, 0.4) is 0 Å². The van der Waals surface area contributed by atoms with Crippen molar-refractivity contribution >= 4 is 33.9 Å². The highest BCUT2D eigenvalue weighted by molar-refractivity contribution is 7.13. The van der Waals surface area contributed by atoms with Crippen LogP contribution in [0.5, 0.6) is 0 Å². The second kappa shape index (κ2) is 7.36. The molecular weight excluding hydrogens is 370 g/mol. The Labute approximate surface area is 168 Å². The average molecular weight is 394 g/mol. The van der Waals surface area contributed by atoms with Crippen molar-refractivity contribution in [3.05, 3.63) is 53.5 Å². The summed E-state index contributed by atoms with van der Waals surface area (Å²) in [5.41, 5.74) is 2.56. The average Bonchev–Trinajstić information content (AvgIpc) is 3.21. The lowest BCUT2D eigenvalue weighted by Crippen LogP contribution is -2.39. The van der Waals surface area contributed by atoms with E-state index in [1.807, 2.05) is 56.5 Å². The maximum atomic E-state index is 12.3. The summed E-state index contributed by atoms with van der Waals surface area (Å²) in [4.78, 5) is 24.8. The van der Waals surface area contributed by atoms with Gasteiger partial charge in [-0.3, -0.25) is 0 Å². The summed E-state index contributed by atoms with van der Waals surface area (Å²) < 4.78 is 5.49. The molecule has 1 aliphatic rings. The highest BCUT2D eigenvalue weighted by atomic mass is 32.1. The predicted molar refractivity (Wildman–Crippen MR) is 113 cm³/mol. The molecule has 4 rings (SSSR count). The number of rotatable bonds is 2. The Kier molecular flexibility index (Phi) is 4.89. The number of benzene rings is 1. The number of carbonyl (C=O) groups is 1. The molecule has 0 aliphatic carbocycles. The Hall–Kier alpha value is -2.73. The maximum Gasteiger partial charge on any atom is 0.410 e. The van der Waals surface area contributed by atoms with Crippen molar-refractivity contribution in [2.24, 2.45) is 0 Å². The summed E-state index contributed by atoms with van der Waals surface area (Å²) in [6, 6.07) is 12.1. The van der Waals surface area contributed by atoms with Crippen LogP contribution in [0.1, 0.15) is 32.9 Å². The molecule has 28 heavy (non-hydrogen) atoms. The fourth-order valence-corrected chi connectivity index (χ4v) is 3.87. The van der Waals surface area contributed by atoms with Crippen molar-refractivity contribution < 1.29 is 9.53 Å².